The number of benzene rings is 3. The number of aromatic nitrogens is 2. The predicted octanol–water partition coefficient (Wildman–Crippen LogP) is 5.44. The SMILES string of the molecule is COc1ccccc1-c1c(C)nn(Cc2cccc(N(C)C)c2)c(=O)c1CCc1cccc(C)c1. The summed E-state index contributed by atoms with van der Waals surface area (Å²) in [5, 5.41) is 4.76. The Kier molecular flexibility index (Phi) is 7.35. The highest BCUT2D eigenvalue weighted by molar-refractivity contribution is 5.75. The summed E-state index contributed by atoms with van der Waals surface area (Å²) in [5.74, 6) is 0.741. The number of hydrogen-bond donors (Lipinski definition) is 0. The van der Waals surface area contributed by atoms with Crippen LogP contribution in [0.3, 0.4) is 0 Å². The van der Waals surface area contributed by atoms with Crippen LogP contribution < -0.4 is 15.2 Å². The molecule has 0 saturated heterocycles. The molecule has 0 aliphatic carbocycles. The van der Waals surface area contributed by atoms with E-state index in [0.717, 1.165) is 45.8 Å². The molecule has 5 heteroatoms. The van der Waals surface area contributed by atoms with Crippen LogP contribution in [0.1, 0.15) is 27.9 Å². The number of nitrogens with zero attached hydrogens (tertiary/aromatic N) is 3. The van der Waals surface area contributed by atoms with Gasteiger partial charge in [-0.25, -0.2) is 4.68 Å². The molecule has 3 aromatic carbocycles. The van der Waals surface area contributed by atoms with E-state index in [2.05, 4.69) is 48.2 Å². The fourth-order valence-corrected chi connectivity index (χ4v) is 4.55. The molecule has 0 spiro atoms. The van der Waals surface area contributed by atoms with Gasteiger partial charge >= 0.3 is 0 Å². The standard InChI is InChI=1S/C30H33N3O2/c1-21-10-8-11-23(18-21)16-17-27-29(26-14-6-7-15-28(26)35-5)22(2)31-33(30(27)34)20-24-12-9-13-25(19-24)32(3)4/h6-15,18-19H,16-17,20H2,1-5H3. The van der Waals surface area contributed by atoms with Crippen molar-refractivity contribution in [3.05, 3.63) is 111 Å². The van der Waals surface area contributed by atoms with Gasteiger partial charge in [0.05, 0.1) is 19.3 Å². The zero-order valence-corrected chi connectivity index (χ0v) is 21.2. The van der Waals surface area contributed by atoms with Crippen LogP contribution >= 0.6 is 0 Å². The molecule has 0 unspecified atom stereocenters. The Morgan fingerprint density at radius 2 is 1.63 bits per heavy atom. The minimum Gasteiger partial charge on any atom is -0.496 e. The molecule has 1 aromatic heterocycles. The minimum atomic E-state index is -0.0561. The van der Waals surface area contributed by atoms with Gasteiger partial charge in [0.15, 0.2) is 0 Å². The maximum atomic E-state index is 13.9. The fraction of sp³-hybridized carbons (Fsp3) is 0.267. The summed E-state index contributed by atoms with van der Waals surface area (Å²) in [6.07, 6.45) is 1.40. The van der Waals surface area contributed by atoms with Crippen molar-refractivity contribution in [2.45, 2.75) is 33.2 Å². The highest BCUT2D eigenvalue weighted by Crippen LogP contribution is 2.33. The predicted molar refractivity (Wildman–Crippen MR) is 144 cm³/mol. The molecule has 0 fully saturated rings. The molecule has 0 aliphatic heterocycles. The first kappa shape index (κ1) is 24.3. The fourth-order valence-electron chi connectivity index (χ4n) is 4.55. The van der Waals surface area contributed by atoms with Crippen molar-refractivity contribution in [3.8, 4) is 16.9 Å². The molecule has 0 aliphatic rings. The van der Waals surface area contributed by atoms with E-state index >= 15 is 0 Å². The summed E-state index contributed by atoms with van der Waals surface area (Å²) in [6, 6.07) is 24.5. The minimum absolute atomic E-state index is 0.0561. The van der Waals surface area contributed by atoms with Crippen LogP contribution in [0.15, 0.2) is 77.6 Å². The molecule has 0 saturated carbocycles. The number of hydrogen-bond acceptors (Lipinski definition) is 4. The van der Waals surface area contributed by atoms with Crippen LogP contribution in [-0.4, -0.2) is 31.0 Å². The summed E-state index contributed by atoms with van der Waals surface area (Å²) in [6.45, 7) is 4.49. The number of anilines is 1. The first-order valence-corrected chi connectivity index (χ1v) is 11.9. The average Bonchev–Trinajstić information content (AvgIpc) is 2.85. The molecule has 0 N–H and O–H groups in total. The summed E-state index contributed by atoms with van der Waals surface area (Å²) >= 11 is 0. The number of aryl methyl sites for hydroxylation is 3. The first-order valence-electron chi connectivity index (χ1n) is 11.9. The topological polar surface area (TPSA) is 47.4 Å². The highest BCUT2D eigenvalue weighted by Gasteiger charge is 2.20. The first-order chi connectivity index (χ1) is 16.9. The number of para-hydroxylation sites is 1. The lowest BCUT2D eigenvalue weighted by atomic mass is 9.94. The molecule has 35 heavy (non-hydrogen) atoms. The van der Waals surface area contributed by atoms with Crippen LogP contribution in [0.2, 0.25) is 0 Å². The van der Waals surface area contributed by atoms with Gasteiger partial charge in [-0.05, 0) is 56.0 Å². The lowest BCUT2D eigenvalue weighted by Crippen LogP contribution is -2.29. The third kappa shape index (κ3) is 5.46. The molecular formula is C30H33N3O2. The lowest BCUT2D eigenvalue weighted by molar-refractivity contribution is 0.416. The molecule has 0 bridgehead atoms. The van der Waals surface area contributed by atoms with E-state index in [-0.39, 0.29) is 5.56 Å². The van der Waals surface area contributed by atoms with Gasteiger partial charge in [0.2, 0.25) is 0 Å². The van der Waals surface area contributed by atoms with Crippen LogP contribution in [0.5, 0.6) is 5.75 Å². The van der Waals surface area contributed by atoms with E-state index in [1.807, 2.05) is 57.4 Å². The van der Waals surface area contributed by atoms with Crippen LogP contribution in [0.4, 0.5) is 5.69 Å². The molecule has 4 aromatic rings. The largest absolute Gasteiger partial charge is 0.496 e. The average molecular weight is 468 g/mol. The Hall–Kier alpha value is -3.86. The Morgan fingerprint density at radius 3 is 2.37 bits per heavy atom. The zero-order valence-electron chi connectivity index (χ0n) is 21.2. The van der Waals surface area contributed by atoms with Crippen LogP contribution in [-0.2, 0) is 19.4 Å². The van der Waals surface area contributed by atoms with Crippen molar-refractivity contribution in [2.75, 3.05) is 26.1 Å². The molecule has 5 nitrogen and oxygen atoms in total. The third-order valence-electron chi connectivity index (χ3n) is 6.31. The van der Waals surface area contributed by atoms with Crippen molar-refractivity contribution in [1.29, 1.82) is 0 Å². The second kappa shape index (κ2) is 10.6. The Morgan fingerprint density at radius 1 is 0.886 bits per heavy atom. The van der Waals surface area contributed by atoms with Gasteiger partial charge in [0.1, 0.15) is 5.75 Å². The highest BCUT2D eigenvalue weighted by atomic mass is 16.5. The van der Waals surface area contributed by atoms with Crippen molar-refractivity contribution in [1.82, 2.24) is 9.78 Å². The summed E-state index contributed by atoms with van der Waals surface area (Å²) in [5.41, 5.74) is 7.88. The molecule has 0 radical (unpaired) electrons. The Balaban J connectivity index is 1.81. The lowest BCUT2D eigenvalue weighted by Gasteiger charge is -2.18. The van der Waals surface area contributed by atoms with Gasteiger partial charge in [0, 0.05) is 36.5 Å². The molecule has 0 amide bonds. The quantitative estimate of drug-likeness (QED) is 0.346. The molecular weight excluding hydrogens is 434 g/mol. The van der Waals surface area contributed by atoms with Gasteiger partial charge in [-0.2, -0.15) is 5.10 Å². The monoisotopic (exact) mass is 467 g/mol. The zero-order chi connectivity index (χ0) is 24.9. The third-order valence-corrected chi connectivity index (χ3v) is 6.31. The van der Waals surface area contributed by atoms with E-state index < -0.39 is 0 Å². The normalized spacial score (nSPS) is 10.9. The maximum Gasteiger partial charge on any atom is 0.270 e. The van der Waals surface area contributed by atoms with E-state index in [9.17, 15) is 4.79 Å². The van der Waals surface area contributed by atoms with E-state index in [4.69, 9.17) is 9.84 Å². The van der Waals surface area contributed by atoms with E-state index in [1.54, 1.807) is 11.8 Å². The van der Waals surface area contributed by atoms with Crippen LogP contribution in [0.25, 0.3) is 11.1 Å². The maximum absolute atomic E-state index is 13.9. The van der Waals surface area contributed by atoms with Gasteiger partial charge < -0.3 is 9.64 Å². The van der Waals surface area contributed by atoms with Gasteiger partial charge in [-0.3, -0.25) is 4.79 Å². The molecule has 1 heterocycles. The number of methoxy groups -OCH3 is 1. The number of ether oxygens (including phenoxy) is 1. The summed E-state index contributed by atoms with van der Waals surface area (Å²) < 4.78 is 7.25. The van der Waals surface area contributed by atoms with Crippen molar-refractivity contribution in [2.24, 2.45) is 0 Å². The molecule has 4 rings (SSSR count). The van der Waals surface area contributed by atoms with Gasteiger partial charge in [-0.1, -0.05) is 60.2 Å². The Labute approximate surface area is 207 Å². The van der Waals surface area contributed by atoms with Gasteiger partial charge in [0.25, 0.3) is 5.56 Å². The van der Waals surface area contributed by atoms with Crippen molar-refractivity contribution in [3.63, 3.8) is 0 Å². The van der Waals surface area contributed by atoms with Gasteiger partial charge in [-0.15, -0.1) is 0 Å². The van der Waals surface area contributed by atoms with E-state index in [0.29, 0.717) is 13.0 Å². The summed E-state index contributed by atoms with van der Waals surface area (Å²) in [4.78, 5) is 15.9. The smallest absolute Gasteiger partial charge is 0.270 e. The van der Waals surface area contributed by atoms with Crippen molar-refractivity contribution >= 4 is 5.69 Å². The molecule has 0 atom stereocenters. The second-order valence-electron chi connectivity index (χ2n) is 9.16. The second-order valence-corrected chi connectivity index (χ2v) is 9.16. The van der Waals surface area contributed by atoms with E-state index in [1.165, 1.54) is 11.1 Å². The Bertz CT molecular complexity index is 1390. The van der Waals surface area contributed by atoms with Crippen molar-refractivity contribution < 1.29 is 4.74 Å². The number of rotatable bonds is 8. The summed E-state index contributed by atoms with van der Waals surface area (Å²) in [7, 11) is 5.69. The molecule has 180 valence electrons. The van der Waals surface area contributed by atoms with Crippen LogP contribution in [0, 0.1) is 13.8 Å².